The highest BCUT2D eigenvalue weighted by Crippen LogP contribution is 2.20. The molecule has 0 spiro atoms. The molecule has 2 aromatic carbocycles. The van der Waals surface area contributed by atoms with Crippen molar-refractivity contribution in [1.82, 2.24) is 0 Å². The first-order chi connectivity index (χ1) is 9.08. The summed E-state index contributed by atoms with van der Waals surface area (Å²) in [7, 11) is 0. The Morgan fingerprint density at radius 2 is 1.79 bits per heavy atom. The van der Waals surface area contributed by atoms with Crippen molar-refractivity contribution in [3.63, 3.8) is 0 Å². The summed E-state index contributed by atoms with van der Waals surface area (Å²) < 4.78 is 26.1. The Hall–Kier alpha value is -2.25. The van der Waals surface area contributed by atoms with Gasteiger partial charge in [-0.15, -0.1) is 0 Å². The summed E-state index contributed by atoms with van der Waals surface area (Å²) in [6.07, 6.45) is -0.821. The number of aliphatic hydroxyl groups excluding tert-OH is 1. The van der Waals surface area contributed by atoms with Crippen molar-refractivity contribution in [2.45, 2.75) is 12.5 Å². The van der Waals surface area contributed by atoms with E-state index in [1.165, 1.54) is 12.1 Å². The first-order valence-corrected chi connectivity index (χ1v) is 5.71. The molecule has 1 N–H and O–H groups in total. The summed E-state index contributed by atoms with van der Waals surface area (Å²) in [4.78, 5) is 0. The predicted molar refractivity (Wildman–Crippen MR) is 66.2 cm³/mol. The maximum atomic E-state index is 13.0. The monoisotopic (exact) mass is 259 g/mol. The third kappa shape index (κ3) is 3.36. The second-order valence-electron chi connectivity index (χ2n) is 4.23. The SMILES string of the molecule is N#Cc1cccc(C(O)Cc2cc(F)cc(F)c2)c1. The number of halogens is 2. The Morgan fingerprint density at radius 3 is 2.42 bits per heavy atom. The lowest BCUT2D eigenvalue weighted by Crippen LogP contribution is -2.03. The fraction of sp³-hybridized carbons (Fsp3) is 0.133. The van der Waals surface area contributed by atoms with Crippen molar-refractivity contribution >= 4 is 0 Å². The molecule has 0 saturated carbocycles. The molecule has 0 amide bonds. The molecule has 0 aliphatic heterocycles. The van der Waals surface area contributed by atoms with Gasteiger partial charge in [0.15, 0.2) is 0 Å². The molecule has 0 heterocycles. The van der Waals surface area contributed by atoms with E-state index in [1.807, 2.05) is 6.07 Å². The van der Waals surface area contributed by atoms with Gasteiger partial charge in [-0.05, 0) is 35.4 Å². The zero-order valence-electron chi connectivity index (χ0n) is 9.98. The van der Waals surface area contributed by atoms with Crippen molar-refractivity contribution in [3.05, 3.63) is 70.8 Å². The number of aliphatic hydroxyl groups is 1. The summed E-state index contributed by atoms with van der Waals surface area (Å²) in [5.74, 6) is -1.35. The van der Waals surface area contributed by atoms with E-state index in [0.717, 1.165) is 6.07 Å². The van der Waals surface area contributed by atoms with Crippen LogP contribution in [0.15, 0.2) is 42.5 Å². The van der Waals surface area contributed by atoms with Gasteiger partial charge >= 0.3 is 0 Å². The van der Waals surface area contributed by atoms with E-state index >= 15 is 0 Å². The molecule has 2 nitrogen and oxygen atoms in total. The molecule has 0 fully saturated rings. The van der Waals surface area contributed by atoms with Gasteiger partial charge in [0.1, 0.15) is 11.6 Å². The number of hydrogen-bond donors (Lipinski definition) is 1. The van der Waals surface area contributed by atoms with E-state index in [-0.39, 0.29) is 6.42 Å². The second kappa shape index (κ2) is 5.59. The molecule has 4 heteroatoms. The van der Waals surface area contributed by atoms with Crippen LogP contribution in [-0.4, -0.2) is 5.11 Å². The highest BCUT2D eigenvalue weighted by atomic mass is 19.1. The fourth-order valence-corrected chi connectivity index (χ4v) is 1.89. The molecular weight excluding hydrogens is 248 g/mol. The minimum atomic E-state index is -0.908. The van der Waals surface area contributed by atoms with Crippen LogP contribution in [0, 0.1) is 23.0 Å². The fourth-order valence-electron chi connectivity index (χ4n) is 1.89. The topological polar surface area (TPSA) is 44.0 Å². The predicted octanol–water partition coefficient (Wildman–Crippen LogP) is 3.11. The van der Waals surface area contributed by atoms with Crippen LogP contribution < -0.4 is 0 Å². The molecule has 0 aromatic heterocycles. The average Bonchev–Trinajstić information content (AvgIpc) is 2.37. The maximum Gasteiger partial charge on any atom is 0.126 e. The van der Waals surface area contributed by atoms with E-state index < -0.39 is 17.7 Å². The smallest absolute Gasteiger partial charge is 0.126 e. The van der Waals surface area contributed by atoms with Crippen LogP contribution >= 0.6 is 0 Å². The van der Waals surface area contributed by atoms with Crippen molar-refractivity contribution in [1.29, 1.82) is 5.26 Å². The summed E-state index contributed by atoms with van der Waals surface area (Å²) >= 11 is 0. The zero-order chi connectivity index (χ0) is 13.8. The van der Waals surface area contributed by atoms with Crippen LogP contribution in [-0.2, 0) is 6.42 Å². The standard InChI is InChI=1S/C15H11F2NO/c16-13-5-11(6-14(17)8-13)7-15(19)12-3-1-2-10(4-12)9-18/h1-6,8,15,19H,7H2. The summed E-state index contributed by atoms with van der Waals surface area (Å²) in [6.45, 7) is 0. The molecule has 96 valence electrons. The van der Waals surface area contributed by atoms with E-state index in [1.54, 1.807) is 24.3 Å². The third-order valence-electron chi connectivity index (χ3n) is 2.75. The van der Waals surface area contributed by atoms with Gasteiger partial charge in [-0.1, -0.05) is 12.1 Å². The summed E-state index contributed by atoms with van der Waals surface area (Å²) in [6, 6.07) is 11.6. The van der Waals surface area contributed by atoms with E-state index in [4.69, 9.17) is 5.26 Å². The van der Waals surface area contributed by atoms with Gasteiger partial charge in [0, 0.05) is 12.5 Å². The van der Waals surface area contributed by atoms with Crippen LogP contribution in [0.3, 0.4) is 0 Å². The number of rotatable bonds is 3. The highest BCUT2D eigenvalue weighted by molar-refractivity contribution is 5.34. The molecule has 1 atom stereocenters. The molecule has 0 saturated heterocycles. The third-order valence-corrected chi connectivity index (χ3v) is 2.75. The van der Waals surface area contributed by atoms with Gasteiger partial charge in [0.2, 0.25) is 0 Å². The lowest BCUT2D eigenvalue weighted by Gasteiger charge is -2.11. The average molecular weight is 259 g/mol. The first kappa shape index (κ1) is 13.2. The van der Waals surface area contributed by atoms with E-state index in [2.05, 4.69) is 0 Å². The van der Waals surface area contributed by atoms with Crippen LogP contribution in [0.4, 0.5) is 8.78 Å². The molecule has 0 bridgehead atoms. The highest BCUT2D eigenvalue weighted by Gasteiger charge is 2.11. The molecule has 2 rings (SSSR count). The number of nitriles is 1. The maximum absolute atomic E-state index is 13.0. The van der Waals surface area contributed by atoms with E-state index in [0.29, 0.717) is 16.7 Å². The first-order valence-electron chi connectivity index (χ1n) is 5.71. The van der Waals surface area contributed by atoms with Crippen LogP contribution in [0.2, 0.25) is 0 Å². The van der Waals surface area contributed by atoms with Gasteiger partial charge in [-0.2, -0.15) is 5.26 Å². The van der Waals surface area contributed by atoms with Crippen LogP contribution in [0.5, 0.6) is 0 Å². The lowest BCUT2D eigenvalue weighted by atomic mass is 10.00. The quantitative estimate of drug-likeness (QED) is 0.920. The molecular formula is C15H11F2NO. The van der Waals surface area contributed by atoms with Gasteiger partial charge in [0.05, 0.1) is 17.7 Å². The van der Waals surface area contributed by atoms with Gasteiger partial charge in [0.25, 0.3) is 0 Å². The molecule has 0 radical (unpaired) electrons. The molecule has 2 aromatic rings. The Labute approximate surface area is 109 Å². The largest absolute Gasteiger partial charge is 0.388 e. The summed E-state index contributed by atoms with van der Waals surface area (Å²) in [5, 5.41) is 18.8. The van der Waals surface area contributed by atoms with Crippen molar-refractivity contribution < 1.29 is 13.9 Å². The Morgan fingerprint density at radius 1 is 1.11 bits per heavy atom. The minimum Gasteiger partial charge on any atom is -0.388 e. The van der Waals surface area contributed by atoms with Gasteiger partial charge < -0.3 is 5.11 Å². The van der Waals surface area contributed by atoms with Crippen molar-refractivity contribution in [3.8, 4) is 6.07 Å². The molecule has 19 heavy (non-hydrogen) atoms. The van der Waals surface area contributed by atoms with Gasteiger partial charge in [-0.3, -0.25) is 0 Å². The van der Waals surface area contributed by atoms with Gasteiger partial charge in [-0.25, -0.2) is 8.78 Å². The normalized spacial score (nSPS) is 11.9. The number of nitrogens with zero attached hydrogens (tertiary/aromatic N) is 1. The Kier molecular flexibility index (Phi) is 3.88. The molecule has 1 unspecified atom stereocenters. The second-order valence-corrected chi connectivity index (χ2v) is 4.23. The van der Waals surface area contributed by atoms with Crippen molar-refractivity contribution in [2.24, 2.45) is 0 Å². The number of hydrogen-bond acceptors (Lipinski definition) is 2. The van der Waals surface area contributed by atoms with E-state index in [9.17, 15) is 13.9 Å². The van der Waals surface area contributed by atoms with Crippen LogP contribution in [0.1, 0.15) is 22.8 Å². The molecule has 0 aliphatic carbocycles. The number of benzene rings is 2. The van der Waals surface area contributed by atoms with Crippen LogP contribution in [0.25, 0.3) is 0 Å². The summed E-state index contributed by atoms with van der Waals surface area (Å²) in [5.41, 5.74) is 1.35. The zero-order valence-corrected chi connectivity index (χ0v) is 9.98. The Balaban J connectivity index is 2.20. The molecule has 0 aliphatic rings. The Bertz CT molecular complexity index is 614. The lowest BCUT2D eigenvalue weighted by molar-refractivity contribution is 0.178. The minimum absolute atomic E-state index is 0.0869. The van der Waals surface area contributed by atoms with Crippen molar-refractivity contribution in [2.75, 3.05) is 0 Å².